The molecular formula is C7H4F8. The molecule has 8 heteroatoms. The third-order valence-corrected chi connectivity index (χ3v) is 1.28. The van der Waals surface area contributed by atoms with Crippen LogP contribution in [0, 0.1) is 0 Å². The highest BCUT2D eigenvalue weighted by Gasteiger charge is 2.66. The van der Waals surface area contributed by atoms with Crippen molar-refractivity contribution in [3.8, 4) is 0 Å². The summed E-state index contributed by atoms with van der Waals surface area (Å²) in [5, 5.41) is 0. The van der Waals surface area contributed by atoms with Gasteiger partial charge in [0.2, 0.25) is 0 Å². The standard InChI is InChI=1S/C7H4F8/c1-2-3-4(6(10,11)12)5(8,9)7(13,14)15/h2-3H,1H2/b4-3-. The molecule has 0 aliphatic rings. The van der Waals surface area contributed by atoms with Crippen LogP contribution >= 0.6 is 0 Å². The maximum Gasteiger partial charge on any atom is 0.458 e. The predicted octanol–water partition coefficient (Wildman–Crippen LogP) is 3.86. The molecule has 0 bridgehead atoms. The Kier molecular flexibility index (Phi) is 3.55. The van der Waals surface area contributed by atoms with Gasteiger partial charge < -0.3 is 0 Å². The lowest BCUT2D eigenvalue weighted by atomic mass is 10.1. The normalized spacial score (nSPS) is 15.3. The molecule has 0 aliphatic heterocycles. The van der Waals surface area contributed by atoms with Gasteiger partial charge in [0.05, 0.1) is 0 Å². The van der Waals surface area contributed by atoms with Crippen molar-refractivity contribution in [1.82, 2.24) is 0 Å². The molecule has 0 radical (unpaired) electrons. The number of allylic oxidation sites excluding steroid dienone is 3. The van der Waals surface area contributed by atoms with Gasteiger partial charge in [-0.1, -0.05) is 12.7 Å². The van der Waals surface area contributed by atoms with E-state index in [1.54, 1.807) is 0 Å². The zero-order valence-electron chi connectivity index (χ0n) is 6.89. The van der Waals surface area contributed by atoms with Crippen molar-refractivity contribution >= 4 is 0 Å². The third kappa shape index (κ3) is 2.93. The Morgan fingerprint density at radius 1 is 0.867 bits per heavy atom. The van der Waals surface area contributed by atoms with Gasteiger partial charge in [-0.15, -0.1) is 0 Å². The van der Waals surface area contributed by atoms with Gasteiger partial charge in [-0.3, -0.25) is 0 Å². The van der Waals surface area contributed by atoms with Gasteiger partial charge in [-0.05, 0) is 6.08 Å². The molecule has 0 saturated carbocycles. The van der Waals surface area contributed by atoms with E-state index < -0.39 is 29.9 Å². The lowest BCUT2D eigenvalue weighted by molar-refractivity contribution is -0.281. The summed E-state index contributed by atoms with van der Waals surface area (Å²) in [5.74, 6) is -5.94. The van der Waals surface area contributed by atoms with E-state index in [4.69, 9.17) is 0 Å². The van der Waals surface area contributed by atoms with E-state index in [0.29, 0.717) is 0 Å². The lowest BCUT2D eigenvalue weighted by Crippen LogP contribution is -2.43. The maximum absolute atomic E-state index is 12.3. The molecule has 0 nitrogen and oxygen atoms in total. The van der Waals surface area contributed by atoms with Gasteiger partial charge in [0.1, 0.15) is 5.57 Å². The molecule has 0 aromatic heterocycles. The molecule has 0 unspecified atom stereocenters. The second kappa shape index (κ2) is 3.82. The molecule has 0 N–H and O–H groups in total. The summed E-state index contributed by atoms with van der Waals surface area (Å²) in [7, 11) is 0. The monoisotopic (exact) mass is 240 g/mol. The first kappa shape index (κ1) is 13.9. The summed E-state index contributed by atoms with van der Waals surface area (Å²) in [5.41, 5.74) is -2.99. The van der Waals surface area contributed by atoms with Crippen LogP contribution in [-0.2, 0) is 0 Å². The largest absolute Gasteiger partial charge is 0.458 e. The topological polar surface area (TPSA) is 0 Å². The van der Waals surface area contributed by atoms with Crippen LogP contribution in [0.3, 0.4) is 0 Å². The van der Waals surface area contributed by atoms with Crippen LogP contribution in [0.2, 0.25) is 0 Å². The first-order chi connectivity index (χ1) is 6.44. The second-order valence-electron chi connectivity index (χ2n) is 2.39. The molecular weight excluding hydrogens is 236 g/mol. The summed E-state index contributed by atoms with van der Waals surface area (Å²) in [6.07, 6.45) is -12.3. The first-order valence-electron chi connectivity index (χ1n) is 3.29. The van der Waals surface area contributed by atoms with E-state index >= 15 is 0 Å². The van der Waals surface area contributed by atoms with Crippen molar-refractivity contribution in [2.45, 2.75) is 18.3 Å². The molecule has 0 spiro atoms. The summed E-state index contributed by atoms with van der Waals surface area (Å²) < 4.78 is 95.0. The molecule has 88 valence electrons. The smallest absolute Gasteiger partial charge is 0.191 e. The van der Waals surface area contributed by atoms with Crippen LogP contribution in [0.15, 0.2) is 24.3 Å². The Labute approximate surface area is 78.9 Å². The third-order valence-electron chi connectivity index (χ3n) is 1.28. The molecule has 0 rings (SSSR count). The Morgan fingerprint density at radius 2 is 1.27 bits per heavy atom. The summed E-state index contributed by atoms with van der Waals surface area (Å²) in [6.45, 7) is 2.63. The number of halogens is 8. The van der Waals surface area contributed by atoms with Gasteiger partial charge in [0.25, 0.3) is 0 Å². The molecule has 0 aromatic rings. The zero-order valence-corrected chi connectivity index (χ0v) is 6.89. The molecule has 0 atom stereocenters. The molecule has 0 aliphatic carbocycles. The van der Waals surface area contributed by atoms with Crippen LogP contribution in [0.4, 0.5) is 35.1 Å². The van der Waals surface area contributed by atoms with Crippen molar-refractivity contribution in [2.75, 3.05) is 0 Å². The average Bonchev–Trinajstić information content (AvgIpc) is 1.95. The highest BCUT2D eigenvalue weighted by atomic mass is 19.4. The van der Waals surface area contributed by atoms with E-state index in [0.717, 1.165) is 0 Å². The van der Waals surface area contributed by atoms with Crippen molar-refractivity contribution in [3.05, 3.63) is 24.3 Å². The van der Waals surface area contributed by atoms with Crippen LogP contribution in [0.25, 0.3) is 0 Å². The van der Waals surface area contributed by atoms with Crippen LogP contribution in [0.1, 0.15) is 0 Å². The predicted molar refractivity (Wildman–Crippen MR) is 35.3 cm³/mol. The van der Waals surface area contributed by atoms with Gasteiger partial charge in [-0.25, -0.2) is 0 Å². The molecule has 0 saturated heterocycles. The molecule has 0 heterocycles. The highest BCUT2D eigenvalue weighted by molar-refractivity contribution is 5.25. The SMILES string of the molecule is C=C/C=C(\C(F)(F)F)C(F)(F)C(F)(F)F. The fourth-order valence-electron chi connectivity index (χ4n) is 0.648. The number of hydrogen-bond acceptors (Lipinski definition) is 0. The van der Waals surface area contributed by atoms with Crippen LogP contribution in [-0.4, -0.2) is 18.3 Å². The van der Waals surface area contributed by atoms with E-state index in [1.807, 2.05) is 0 Å². The molecule has 0 aromatic carbocycles. The number of alkyl halides is 8. The van der Waals surface area contributed by atoms with E-state index in [2.05, 4.69) is 6.58 Å². The minimum Gasteiger partial charge on any atom is -0.191 e. The summed E-state index contributed by atoms with van der Waals surface area (Å²) >= 11 is 0. The van der Waals surface area contributed by atoms with Crippen molar-refractivity contribution in [1.29, 1.82) is 0 Å². The van der Waals surface area contributed by atoms with E-state index in [1.165, 1.54) is 0 Å². The zero-order chi connectivity index (χ0) is 12.5. The Bertz CT molecular complexity index is 266. The van der Waals surface area contributed by atoms with E-state index in [9.17, 15) is 35.1 Å². The van der Waals surface area contributed by atoms with Crippen molar-refractivity contribution < 1.29 is 35.1 Å². The quantitative estimate of drug-likeness (QED) is 0.507. The first-order valence-corrected chi connectivity index (χ1v) is 3.29. The maximum atomic E-state index is 12.3. The minimum absolute atomic E-state index is 0.211. The van der Waals surface area contributed by atoms with Crippen molar-refractivity contribution in [3.63, 3.8) is 0 Å². The lowest BCUT2D eigenvalue weighted by Gasteiger charge is -2.23. The molecule has 0 fully saturated rings. The van der Waals surface area contributed by atoms with Gasteiger partial charge >= 0.3 is 18.3 Å². The van der Waals surface area contributed by atoms with Gasteiger partial charge in [-0.2, -0.15) is 35.1 Å². The fourth-order valence-corrected chi connectivity index (χ4v) is 0.648. The summed E-state index contributed by atoms with van der Waals surface area (Å²) in [6, 6.07) is 0. The fraction of sp³-hybridized carbons (Fsp3) is 0.429. The van der Waals surface area contributed by atoms with Crippen molar-refractivity contribution in [2.24, 2.45) is 0 Å². The minimum atomic E-state index is -6.29. The van der Waals surface area contributed by atoms with E-state index in [-0.39, 0.29) is 6.08 Å². The van der Waals surface area contributed by atoms with Gasteiger partial charge in [0, 0.05) is 0 Å². The van der Waals surface area contributed by atoms with Gasteiger partial charge in [0.15, 0.2) is 0 Å². The number of hydrogen-bond donors (Lipinski definition) is 0. The Balaban J connectivity index is 5.49. The van der Waals surface area contributed by atoms with Crippen LogP contribution < -0.4 is 0 Å². The number of rotatable bonds is 2. The average molecular weight is 240 g/mol. The van der Waals surface area contributed by atoms with Crippen LogP contribution in [0.5, 0.6) is 0 Å². The Hall–Kier alpha value is -1.08. The second-order valence-corrected chi connectivity index (χ2v) is 2.39. The molecule has 15 heavy (non-hydrogen) atoms. The summed E-state index contributed by atoms with van der Waals surface area (Å²) in [4.78, 5) is 0. The highest BCUT2D eigenvalue weighted by Crippen LogP contribution is 2.47. The Morgan fingerprint density at radius 3 is 1.47 bits per heavy atom. The molecule has 0 amide bonds.